The number of hydrogen-bond acceptors (Lipinski definition) is 8. The summed E-state index contributed by atoms with van der Waals surface area (Å²) in [5.74, 6) is -3.48. The number of nitrogens with two attached hydrogens (primary N) is 4. The van der Waals surface area contributed by atoms with E-state index < -0.39 is 23.9 Å². The van der Waals surface area contributed by atoms with Crippen LogP contribution in [-0.4, -0.2) is 70.5 Å². The zero-order valence-electron chi connectivity index (χ0n) is 21.9. The summed E-state index contributed by atoms with van der Waals surface area (Å²) >= 11 is 0. The molecule has 0 fully saturated rings. The van der Waals surface area contributed by atoms with E-state index in [0.717, 1.165) is 51.9 Å². The lowest BCUT2D eigenvalue weighted by Crippen LogP contribution is -2.00. The van der Waals surface area contributed by atoms with Gasteiger partial charge in [-0.15, -0.1) is 0 Å². The largest absolute Gasteiger partial charge is 0.481 e. The van der Waals surface area contributed by atoms with Crippen molar-refractivity contribution in [2.45, 2.75) is 103 Å². The Morgan fingerprint density at radius 3 is 0.611 bits per heavy atom. The van der Waals surface area contributed by atoms with E-state index in [4.69, 9.17) is 43.4 Å². The maximum atomic E-state index is 9.90. The second kappa shape index (κ2) is 37.3. The van der Waals surface area contributed by atoms with Crippen LogP contribution in [0.5, 0.6) is 0 Å². The number of carbonyl (C=O) groups is 4. The Morgan fingerprint density at radius 2 is 0.500 bits per heavy atom. The standard InChI is InChI=1S/2C6H16N2.2C6H10O4/c2*7-5-3-1-2-4-6-8;2*7-5(8)3-1-2-4-6(9)10/h2*1-8H2;2*1-4H2,(H,7,8)(H,9,10). The molecule has 0 unspecified atom stereocenters. The molecule has 0 aromatic heterocycles. The molecule has 0 saturated heterocycles. The van der Waals surface area contributed by atoms with Crippen molar-refractivity contribution in [1.82, 2.24) is 0 Å². The summed E-state index contributed by atoms with van der Waals surface area (Å²) in [5, 5.41) is 32.5. The molecule has 0 rings (SSSR count). The normalized spacial score (nSPS) is 9.44. The third kappa shape index (κ3) is 63.5. The molecule has 0 aromatic rings. The Kier molecular flexibility index (Phi) is 42.3. The molecule has 0 atom stereocenters. The molecule has 0 spiro atoms. The van der Waals surface area contributed by atoms with Gasteiger partial charge < -0.3 is 43.4 Å². The molecule has 0 aliphatic carbocycles. The molecule has 36 heavy (non-hydrogen) atoms. The van der Waals surface area contributed by atoms with Crippen molar-refractivity contribution < 1.29 is 39.6 Å². The maximum Gasteiger partial charge on any atom is 0.303 e. The number of aliphatic carboxylic acids is 4. The highest BCUT2D eigenvalue weighted by molar-refractivity contribution is 5.68. The van der Waals surface area contributed by atoms with Gasteiger partial charge in [0, 0.05) is 25.7 Å². The molecule has 12 nitrogen and oxygen atoms in total. The highest BCUT2D eigenvalue weighted by Crippen LogP contribution is 1.99. The summed E-state index contributed by atoms with van der Waals surface area (Å²) in [7, 11) is 0. The molecule has 0 saturated carbocycles. The topological polar surface area (TPSA) is 253 Å². The molecular weight excluding hydrogens is 472 g/mol. The first-order valence-electron chi connectivity index (χ1n) is 12.8. The van der Waals surface area contributed by atoms with E-state index in [1.807, 2.05) is 0 Å². The number of carboxylic acid groups (broad SMARTS) is 4. The van der Waals surface area contributed by atoms with Crippen molar-refractivity contribution in [3.05, 3.63) is 0 Å². The van der Waals surface area contributed by atoms with Crippen molar-refractivity contribution in [2.75, 3.05) is 26.2 Å². The lowest BCUT2D eigenvalue weighted by atomic mass is 10.2. The SMILES string of the molecule is NCCCCCCN.NCCCCCCN.O=C(O)CCCCC(=O)O.O=C(O)CCCCC(=O)O. The Hall–Kier alpha value is -2.28. The first-order valence-corrected chi connectivity index (χ1v) is 12.8. The van der Waals surface area contributed by atoms with Gasteiger partial charge in [-0.05, 0) is 77.5 Å². The van der Waals surface area contributed by atoms with Crippen LogP contribution in [0.2, 0.25) is 0 Å². The van der Waals surface area contributed by atoms with E-state index in [-0.39, 0.29) is 25.7 Å². The van der Waals surface area contributed by atoms with E-state index in [1.165, 1.54) is 25.7 Å². The van der Waals surface area contributed by atoms with Crippen LogP contribution in [0.3, 0.4) is 0 Å². The van der Waals surface area contributed by atoms with Gasteiger partial charge in [-0.25, -0.2) is 0 Å². The van der Waals surface area contributed by atoms with Crippen LogP contribution >= 0.6 is 0 Å². The molecule has 0 aliphatic heterocycles. The second-order valence-corrected chi connectivity index (χ2v) is 7.97. The predicted octanol–water partition coefficient (Wildman–Crippen LogP) is 2.36. The van der Waals surface area contributed by atoms with Crippen LogP contribution in [-0.2, 0) is 19.2 Å². The fourth-order valence-corrected chi connectivity index (χ4v) is 2.39. The summed E-state index contributed by atoms with van der Waals surface area (Å²) in [6.07, 6.45) is 11.6. The highest BCUT2D eigenvalue weighted by Gasteiger charge is 2.00. The number of rotatable bonds is 20. The molecule has 0 amide bonds. The van der Waals surface area contributed by atoms with Gasteiger partial charge in [-0.1, -0.05) is 25.7 Å². The molecule has 0 heterocycles. The Morgan fingerprint density at radius 1 is 0.333 bits per heavy atom. The summed E-state index contributed by atoms with van der Waals surface area (Å²) in [5.41, 5.74) is 21.1. The average Bonchev–Trinajstić information content (AvgIpc) is 2.81. The fraction of sp³-hybridized carbons (Fsp3) is 0.833. The lowest BCUT2D eigenvalue weighted by molar-refractivity contribution is -0.139. The minimum Gasteiger partial charge on any atom is -0.481 e. The van der Waals surface area contributed by atoms with Gasteiger partial charge >= 0.3 is 23.9 Å². The van der Waals surface area contributed by atoms with Gasteiger partial charge in [0.05, 0.1) is 0 Å². The quantitative estimate of drug-likeness (QED) is 0.107. The van der Waals surface area contributed by atoms with Crippen molar-refractivity contribution >= 4 is 23.9 Å². The lowest BCUT2D eigenvalue weighted by Gasteiger charge is -1.94. The smallest absolute Gasteiger partial charge is 0.303 e. The average molecular weight is 525 g/mol. The molecular formula is C24H52N4O8. The first-order chi connectivity index (χ1) is 17.1. The molecule has 0 radical (unpaired) electrons. The monoisotopic (exact) mass is 524 g/mol. The Labute approximate surface area is 215 Å². The first kappa shape index (κ1) is 40.9. The zero-order chi connectivity index (χ0) is 28.5. The maximum absolute atomic E-state index is 9.90. The molecule has 216 valence electrons. The summed E-state index contributed by atoms with van der Waals surface area (Å²) in [4.78, 5) is 39.6. The fourth-order valence-electron chi connectivity index (χ4n) is 2.39. The van der Waals surface area contributed by atoms with E-state index in [1.54, 1.807) is 0 Å². The summed E-state index contributed by atoms with van der Waals surface area (Å²) < 4.78 is 0. The third-order valence-electron chi connectivity index (χ3n) is 4.38. The van der Waals surface area contributed by atoms with Crippen molar-refractivity contribution in [2.24, 2.45) is 22.9 Å². The molecule has 0 bridgehead atoms. The molecule has 12 heteroatoms. The number of unbranched alkanes of at least 4 members (excludes halogenated alkanes) is 8. The van der Waals surface area contributed by atoms with Gasteiger partial charge in [-0.3, -0.25) is 19.2 Å². The van der Waals surface area contributed by atoms with Crippen LogP contribution in [0.25, 0.3) is 0 Å². The van der Waals surface area contributed by atoms with Gasteiger partial charge in [0.1, 0.15) is 0 Å². The van der Waals surface area contributed by atoms with Gasteiger partial charge in [0.2, 0.25) is 0 Å². The van der Waals surface area contributed by atoms with E-state index in [2.05, 4.69) is 0 Å². The zero-order valence-corrected chi connectivity index (χ0v) is 21.9. The molecule has 0 aromatic carbocycles. The van der Waals surface area contributed by atoms with Crippen LogP contribution in [0.4, 0.5) is 0 Å². The Balaban J connectivity index is -0.000000191. The second-order valence-electron chi connectivity index (χ2n) is 7.97. The third-order valence-corrected chi connectivity index (χ3v) is 4.38. The Bertz CT molecular complexity index is 421. The highest BCUT2D eigenvalue weighted by atomic mass is 16.4. The van der Waals surface area contributed by atoms with Crippen LogP contribution < -0.4 is 22.9 Å². The van der Waals surface area contributed by atoms with Crippen LogP contribution in [0.1, 0.15) is 103 Å². The van der Waals surface area contributed by atoms with E-state index in [0.29, 0.717) is 25.7 Å². The van der Waals surface area contributed by atoms with Gasteiger partial charge in [0.15, 0.2) is 0 Å². The van der Waals surface area contributed by atoms with Gasteiger partial charge in [0.25, 0.3) is 0 Å². The van der Waals surface area contributed by atoms with E-state index >= 15 is 0 Å². The number of hydrogen-bond donors (Lipinski definition) is 8. The minimum absolute atomic E-state index is 0.0628. The predicted molar refractivity (Wildman–Crippen MR) is 141 cm³/mol. The van der Waals surface area contributed by atoms with Crippen LogP contribution in [0, 0.1) is 0 Å². The minimum atomic E-state index is -0.870. The molecule has 12 N–H and O–H groups in total. The van der Waals surface area contributed by atoms with E-state index in [9.17, 15) is 19.2 Å². The van der Waals surface area contributed by atoms with Crippen molar-refractivity contribution in [1.29, 1.82) is 0 Å². The van der Waals surface area contributed by atoms with Crippen molar-refractivity contribution in [3.63, 3.8) is 0 Å². The summed E-state index contributed by atoms with van der Waals surface area (Å²) in [6, 6.07) is 0. The summed E-state index contributed by atoms with van der Waals surface area (Å²) in [6.45, 7) is 3.30. The number of carboxylic acids is 4. The van der Waals surface area contributed by atoms with Crippen LogP contribution in [0.15, 0.2) is 0 Å². The molecule has 0 aliphatic rings. The van der Waals surface area contributed by atoms with Gasteiger partial charge in [-0.2, -0.15) is 0 Å². The van der Waals surface area contributed by atoms with Crippen molar-refractivity contribution in [3.8, 4) is 0 Å².